The molecule has 2 atom stereocenters. The van der Waals surface area contributed by atoms with Crippen molar-refractivity contribution >= 4 is 5.97 Å². The van der Waals surface area contributed by atoms with E-state index in [0.29, 0.717) is 13.0 Å². The molecule has 0 bridgehead atoms. The predicted molar refractivity (Wildman–Crippen MR) is 83.4 cm³/mol. The molecule has 0 N–H and O–H groups in total. The van der Waals surface area contributed by atoms with E-state index in [1.165, 1.54) is 0 Å². The molecule has 124 valence electrons. The number of rotatable bonds is 7. The fraction of sp³-hybridized carbons (Fsp3) is 0.824. The van der Waals surface area contributed by atoms with Gasteiger partial charge >= 0.3 is 5.97 Å². The zero-order valence-electron chi connectivity index (χ0n) is 13.5. The van der Waals surface area contributed by atoms with Crippen LogP contribution in [0.25, 0.3) is 0 Å². The molecule has 2 unspecified atom stereocenters. The number of ether oxygens (including phenoxy) is 3. The molecule has 0 aromatic rings. The van der Waals surface area contributed by atoms with Gasteiger partial charge in [0.15, 0.2) is 0 Å². The van der Waals surface area contributed by atoms with Crippen molar-refractivity contribution in [3.8, 4) is 11.8 Å². The van der Waals surface area contributed by atoms with E-state index in [0.717, 1.165) is 58.7 Å². The lowest BCUT2D eigenvalue weighted by atomic mass is 10.0. The number of nitrogens with zero attached hydrogens (tertiary/aromatic N) is 1. The second kappa shape index (κ2) is 9.83. The lowest BCUT2D eigenvalue weighted by Gasteiger charge is -2.24. The Morgan fingerprint density at radius 1 is 1.32 bits per heavy atom. The van der Waals surface area contributed by atoms with Gasteiger partial charge in [0.2, 0.25) is 0 Å². The fourth-order valence-corrected chi connectivity index (χ4v) is 2.57. The molecule has 2 rings (SSSR count). The van der Waals surface area contributed by atoms with Crippen LogP contribution in [-0.4, -0.2) is 63.0 Å². The first-order valence-corrected chi connectivity index (χ1v) is 8.33. The molecule has 0 saturated carbocycles. The van der Waals surface area contributed by atoms with E-state index in [4.69, 9.17) is 14.2 Å². The fourth-order valence-electron chi connectivity index (χ4n) is 2.57. The second-order valence-electron chi connectivity index (χ2n) is 5.87. The molecule has 0 amide bonds. The van der Waals surface area contributed by atoms with Crippen LogP contribution in [0.1, 0.15) is 32.6 Å². The Bertz CT molecular complexity index is 395. The number of hydrogen-bond acceptors (Lipinski definition) is 5. The second-order valence-corrected chi connectivity index (χ2v) is 5.87. The summed E-state index contributed by atoms with van der Waals surface area (Å²) in [6, 6.07) is 0. The summed E-state index contributed by atoms with van der Waals surface area (Å²) in [6.45, 7) is 7.61. The lowest BCUT2D eigenvalue weighted by molar-refractivity contribution is -0.146. The maximum Gasteiger partial charge on any atom is 0.310 e. The molecule has 0 aliphatic carbocycles. The van der Waals surface area contributed by atoms with Crippen LogP contribution in [0.2, 0.25) is 0 Å². The van der Waals surface area contributed by atoms with Crippen LogP contribution >= 0.6 is 0 Å². The summed E-state index contributed by atoms with van der Waals surface area (Å²) in [6.07, 6.45) is 3.41. The lowest BCUT2D eigenvalue weighted by Crippen LogP contribution is -2.36. The standard InChI is InChI=1S/C17H27NO4/c1-2-3-10-21-14-16-13-15(17(19)22-16)6-4-5-7-18-8-11-20-12-9-18/h15-16H,2-3,6-14H2,1H3. The summed E-state index contributed by atoms with van der Waals surface area (Å²) in [4.78, 5) is 14.1. The topological polar surface area (TPSA) is 48.0 Å². The molecule has 2 aliphatic heterocycles. The highest BCUT2D eigenvalue weighted by Crippen LogP contribution is 2.24. The molecule has 2 heterocycles. The van der Waals surface area contributed by atoms with Gasteiger partial charge in [-0.15, -0.1) is 5.92 Å². The average Bonchev–Trinajstić information content (AvgIpc) is 2.89. The summed E-state index contributed by atoms with van der Waals surface area (Å²) < 4.78 is 16.2. The molecular formula is C17H27NO4. The summed E-state index contributed by atoms with van der Waals surface area (Å²) >= 11 is 0. The van der Waals surface area contributed by atoms with E-state index < -0.39 is 0 Å². The Balaban J connectivity index is 1.62. The Labute approximate surface area is 133 Å². The van der Waals surface area contributed by atoms with Crippen molar-refractivity contribution in [2.24, 2.45) is 5.92 Å². The van der Waals surface area contributed by atoms with Gasteiger partial charge in [-0.3, -0.25) is 9.69 Å². The summed E-state index contributed by atoms with van der Waals surface area (Å²) in [5.41, 5.74) is 0. The molecule has 5 heteroatoms. The SMILES string of the molecule is CCCCOCC1CC(CC#CCN2CCOCC2)C(=O)O1. The van der Waals surface area contributed by atoms with Crippen molar-refractivity contribution < 1.29 is 19.0 Å². The molecule has 0 spiro atoms. The van der Waals surface area contributed by atoms with Gasteiger partial charge in [-0.1, -0.05) is 19.3 Å². The minimum Gasteiger partial charge on any atom is -0.460 e. The highest BCUT2D eigenvalue weighted by Gasteiger charge is 2.33. The first kappa shape index (κ1) is 17.3. The molecule has 0 aromatic heterocycles. The predicted octanol–water partition coefficient (Wildman–Crippen LogP) is 1.46. The largest absolute Gasteiger partial charge is 0.460 e. The van der Waals surface area contributed by atoms with Crippen LogP contribution in [-0.2, 0) is 19.0 Å². The number of morpholine rings is 1. The molecule has 2 fully saturated rings. The van der Waals surface area contributed by atoms with Gasteiger partial charge in [0.05, 0.1) is 32.3 Å². The van der Waals surface area contributed by atoms with Crippen LogP contribution in [0.5, 0.6) is 0 Å². The first-order chi connectivity index (χ1) is 10.8. The van der Waals surface area contributed by atoms with Crippen LogP contribution < -0.4 is 0 Å². The highest BCUT2D eigenvalue weighted by atomic mass is 16.6. The molecule has 2 aliphatic rings. The smallest absolute Gasteiger partial charge is 0.310 e. The van der Waals surface area contributed by atoms with E-state index >= 15 is 0 Å². The van der Waals surface area contributed by atoms with Gasteiger partial charge in [0.1, 0.15) is 6.10 Å². The number of hydrogen-bond donors (Lipinski definition) is 0. The van der Waals surface area contributed by atoms with Crippen LogP contribution in [0, 0.1) is 17.8 Å². The number of esters is 1. The third-order valence-corrected chi connectivity index (χ3v) is 3.99. The van der Waals surface area contributed by atoms with Crippen LogP contribution in [0.3, 0.4) is 0 Å². The third-order valence-electron chi connectivity index (χ3n) is 3.99. The normalized spacial score (nSPS) is 25.6. The molecule has 0 aromatic carbocycles. The molecule has 2 saturated heterocycles. The van der Waals surface area contributed by atoms with Gasteiger partial charge in [-0.2, -0.15) is 0 Å². The first-order valence-electron chi connectivity index (χ1n) is 8.33. The maximum absolute atomic E-state index is 11.8. The summed E-state index contributed by atoms with van der Waals surface area (Å²) in [5.74, 6) is 6.08. The van der Waals surface area contributed by atoms with E-state index in [-0.39, 0.29) is 18.0 Å². The zero-order chi connectivity index (χ0) is 15.6. The quantitative estimate of drug-likeness (QED) is 0.405. The minimum atomic E-state index is -0.121. The summed E-state index contributed by atoms with van der Waals surface area (Å²) in [7, 11) is 0. The van der Waals surface area contributed by atoms with Gasteiger partial charge in [-0.05, 0) is 6.42 Å². The number of unbranched alkanes of at least 4 members (excludes halogenated alkanes) is 1. The highest BCUT2D eigenvalue weighted by molar-refractivity contribution is 5.75. The van der Waals surface area contributed by atoms with Gasteiger partial charge in [-0.25, -0.2) is 0 Å². The average molecular weight is 309 g/mol. The molecule has 0 radical (unpaired) electrons. The number of carbonyl (C=O) groups excluding carboxylic acids is 1. The van der Waals surface area contributed by atoms with Crippen LogP contribution in [0.4, 0.5) is 0 Å². The van der Waals surface area contributed by atoms with Gasteiger partial charge < -0.3 is 14.2 Å². The minimum absolute atomic E-state index is 0.0861. The van der Waals surface area contributed by atoms with Crippen molar-refractivity contribution in [1.82, 2.24) is 4.90 Å². The van der Waals surface area contributed by atoms with E-state index in [9.17, 15) is 4.79 Å². The van der Waals surface area contributed by atoms with Crippen molar-refractivity contribution in [3.63, 3.8) is 0 Å². The molecular weight excluding hydrogens is 282 g/mol. The van der Waals surface area contributed by atoms with Crippen molar-refractivity contribution in [1.29, 1.82) is 0 Å². The third kappa shape index (κ3) is 5.96. The molecule has 5 nitrogen and oxygen atoms in total. The van der Waals surface area contributed by atoms with Crippen molar-refractivity contribution in [2.75, 3.05) is 46.1 Å². The van der Waals surface area contributed by atoms with E-state index in [2.05, 4.69) is 23.7 Å². The number of cyclic esters (lactones) is 1. The Kier molecular flexibility index (Phi) is 7.72. The van der Waals surface area contributed by atoms with Crippen molar-refractivity contribution in [2.45, 2.75) is 38.7 Å². The van der Waals surface area contributed by atoms with Crippen LogP contribution in [0.15, 0.2) is 0 Å². The van der Waals surface area contributed by atoms with E-state index in [1.807, 2.05) is 0 Å². The van der Waals surface area contributed by atoms with E-state index in [1.54, 1.807) is 0 Å². The zero-order valence-corrected chi connectivity index (χ0v) is 13.5. The number of carbonyl (C=O) groups is 1. The Hall–Kier alpha value is -1.09. The molecule has 22 heavy (non-hydrogen) atoms. The maximum atomic E-state index is 11.8. The van der Waals surface area contributed by atoms with Gasteiger partial charge in [0, 0.05) is 32.5 Å². The Morgan fingerprint density at radius 3 is 2.91 bits per heavy atom. The Morgan fingerprint density at radius 2 is 2.14 bits per heavy atom. The summed E-state index contributed by atoms with van der Waals surface area (Å²) in [5, 5.41) is 0. The van der Waals surface area contributed by atoms with Crippen molar-refractivity contribution in [3.05, 3.63) is 0 Å². The van der Waals surface area contributed by atoms with Gasteiger partial charge in [0.25, 0.3) is 0 Å². The monoisotopic (exact) mass is 309 g/mol.